The van der Waals surface area contributed by atoms with Crippen molar-refractivity contribution in [1.29, 1.82) is 0 Å². The Morgan fingerprint density at radius 1 is 1.04 bits per heavy atom. The fourth-order valence-electron chi connectivity index (χ4n) is 2.39. The first kappa shape index (κ1) is 22.3. The molecule has 0 aliphatic rings. The quantitative estimate of drug-likeness (QED) is 0.331. The van der Waals surface area contributed by atoms with Crippen molar-refractivity contribution in [3.8, 4) is 0 Å². The predicted molar refractivity (Wildman–Crippen MR) is 107 cm³/mol. The van der Waals surface area contributed by atoms with Gasteiger partial charge in [-0.15, -0.1) is 0 Å². The van der Waals surface area contributed by atoms with E-state index in [2.05, 4.69) is 20.3 Å². The van der Waals surface area contributed by atoms with Crippen molar-refractivity contribution in [2.45, 2.75) is 24.9 Å². The Balaban J connectivity index is 2.40. The maximum Gasteiger partial charge on any atom is 0.416 e. The van der Waals surface area contributed by atoms with Gasteiger partial charge in [0.1, 0.15) is 0 Å². The van der Waals surface area contributed by atoms with Gasteiger partial charge in [-0.05, 0) is 50.2 Å². The van der Waals surface area contributed by atoms with Gasteiger partial charge in [0.25, 0.3) is 0 Å². The minimum atomic E-state index is -4.49. The van der Waals surface area contributed by atoms with Crippen LogP contribution in [0.5, 0.6) is 0 Å². The summed E-state index contributed by atoms with van der Waals surface area (Å²) in [5.74, 6) is -0.631. The van der Waals surface area contributed by atoms with Crippen LogP contribution >= 0.6 is 15.9 Å². The van der Waals surface area contributed by atoms with Crippen molar-refractivity contribution >= 4 is 38.5 Å². The van der Waals surface area contributed by atoms with E-state index >= 15 is 0 Å². The molecule has 2 rings (SSSR count). The number of carbonyl (C=O) groups is 1. The van der Waals surface area contributed by atoms with Crippen LogP contribution in [-0.4, -0.2) is 33.8 Å². The van der Waals surface area contributed by atoms with Crippen LogP contribution in [0.1, 0.15) is 29.8 Å². The molecule has 0 N–H and O–H groups in total. The van der Waals surface area contributed by atoms with Crippen LogP contribution in [0.4, 0.5) is 13.2 Å². The van der Waals surface area contributed by atoms with E-state index in [4.69, 9.17) is 0 Å². The Labute approximate surface area is 172 Å². The lowest BCUT2D eigenvalue weighted by Crippen LogP contribution is -2.37. The summed E-state index contributed by atoms with van der Waals surface area (Å²) in [5, 5.41) is 0. The van der Waals surface area contributed by atoms with Crippen molar-refractivity contribution in [2.24, 2.45) is 4.40 Å². The van der Waals surface area contributed by atoms with E-state index in [1.165, 1.54) is 0 Å². The number of benzene rings is 2. The summed E-state index contributed by atoms with van der Waals surface area (Å²) in [4.78, 5) is 14.9. The number of hydrogen-bond acceptors (Lipinski definition) is 2. The highest BCUT2D eigenvalue weighted by molar-refractivity contribution is 9.10. The van der Waals surface area contributed by atoms with Crippen LogP contribution in [0.15, 0.2) is 62.3 Å². The van der Waals surface area contributed by atoms with Crippen LogP contribution in [0.2, 0.25) is 0 Å². The van der Waals surface area contributed by atoms with Crippen molar-refractivity contribution in [3.05, 3.63) is 64.1 Å². The van der Waals surface area contributed by atoms with Crippen molar-refractivity contribution in [3.63, 3.8) is 0 Å². The third-order valence-corrected chi connectivity index (χ3v) is 5.47. The number of rotatable bonds is 6. The van der Waals surface area contributed by atoms with E-state index in [9.17, 15) is 22.2 Å². The Kier molecular flexibility index (Phi) is 7.54. The molecule has 0 amide bonds. The molecule has 0 heterocycles. The molecule has 2 aromatic carbocycles. The summed E-state index contributed by atoms with van der Waals surface area (Å²) in [6.45, 7) is 4.47. The SMILES string of the molecule is CCN(CC)/C(=N\S(=O)c1ccc(Br)cc1)C(=O)c1ccc(C(F)(F)F)cc1. The maximum atomic E-state index is 12.9. The lowest BCUT2D eigenvalue weighted by Gasteiger charge is -2.21. The van der Waals surface area contributed by atoms with E-state index in [1.54, 1.807) is 29.2 Å². The lowest BCUT2D eigenvalue weighted by molar-refractivity contribution is -0.137. The van der Waals surface area contributed by atoms with Crippen LogP contribution < -0.4 is 0 Å². The van der Waals surface area contributed by atoms with Gasteiger partial charge in [0.2, 0.25) is 5.78 Å². The molecular formula is C19H18BrF3N2O2S. The van der Waals surface area contributed by atoms with E-state index in [0.29, 0.717) is 18.0 Å². The zero-order valence-electron chi connectivity index (χ0n) is 15.2. The second-order valence-electron chi connectivity index (χ2n) is 5.69. The summed E-state index contributed by atoms with van der Waals surface area (Å²) in [5.41, 5.74) is -0.796. The van der Waals surface area contributed by atoms with Gasteiger partial charge in [-0.1, -0.05) is 28.1 Å². The molecule has 0 bridgehead atoms. The van der Waals surface area contributed by atoms with Crippen molar-refractivity contribution < 1.29 is 22.2 Å². The number of carbonyl (C=O) groups excluding carboxylic acids is 1. The normalized spacial score (nSPS) is 13.3. The minimum absolute atomic E-state index is 0.0476. The molecule has 0 spiro atoms. The topological polar surface area (TPSA) is 49.7 Å². The zero-order valence-corrected chi connectivity index (χ0v) is 17.6. The number of hydrogen-bond donors (Lipinski definition) is 0. The number of alkyl halides is 3. The van der Waals surface area contributed by atoms with Crippen LogP contribution in [0, 0.1) is 0 Å². The molecule has 2 aromatic rings. The molecule has 0 aromatic heterocycles. The summed E-state index contributed by atoms with van der Waals surface area (Å²) < 4.78 is 55.7. The average molecular weight is 475 g/mol. The second kappa shape index (κ2) is 9.47. The molecule has 0 aliphatic carbocycles. The van der Waals surface area contributed by atoms with Crippen LogP contribution in [0.3, 0.4) is 0 Å². The second-order valence-corrected chi connectivity index (χ2v) is 7.76. The number of Topliss-reactive ketones (excluding diaryl/α,β-unsaturated/α-hetero) is 1. The Bertz CT molecular complexity index is 878. The standard InChI is InChI=1S/C19H18BrF3N2O2S/c1-3-25(4-2)18(24-28(27)16-11-9-15(20)10-12-16)17(26)13-5-7-14(8-6-13)19(21,22)23/h5-12H,3-4H2,1-2H3/b24-18-. The fraction of sp³-hybridized carbons (Fsp3) is 0.263. The molecule has 9 heteroatoms. The average Bonchev–Trinajstić information content (AvgIpc) is 2.67. The first-order chi connectivity index (χ1) is 13.2. The van der Waals surface area contributed by atoms with Gasteiger partial charge in [-0.25, -0.2) is 4.21 Å². The maximum absolute atomic E-state index is 12.9. The Hall–Kier alpha value is -2.00. The van der Waals surface area contributed by atoms with Gasteiger partial charge < -0.3 is 4.90 Å². The minimum Gasteiger partial charge on any atom is -0.353 e. The van der Waals surface area contributed by atoms with Gasteiger partial charge in [0.15, 0.2) is 16.8 Å². The number of likely N-dealkylation sites (N-methyl/N-ethyl adjacent to an activating group) is 1. The van der Waals surface area contributed by atoms with Gasteiger partial charge in [-0.3, -0.25) is 4.79 Å². The molecule has 0 fully saturated rings. The van der Waals surface area contributed by atoms with Gasteiger partial charge >= 0.3 is 6.18 Å². The smallest absolute Gasteiger partial charge is 0.353 e. The summed E-state index contributed by atoms with van der Waals surface area (Å²) in [7, 11) is -1.83. The molecule has 1 unspecified atom stereocenters. The largest absolute Gasteiger partial charge is 0.416 e. The number of halogens is 4. The summed E-state index contributed by atoms with van der Waals surface area (Å²) >= 11 is 3.29. The number of ketones is 1. The fourth-order valence-corrected chi connectivity index (χ4v) is 3.48. The van der Waals surface area contributed by atoms with E-state index in [1.807, 2.05) is 13.8 Å². The van der Waals surface area contributed by atoms with Crippen LogP contribution in [0.25, 0.3) is 0 Å². The zero-order chi connectivity index (χ0) is 20.9. The Morgan fingerprint density at radius 3 is 2.04 bits per heavy atom. The van der Waals surface area contributed by atoms with E-state index < -0.39 is 28.5 Å². The summed E-state index contributed by atoms with van der Waals surface area (Å²) in [6.07, 6.45) is -4.49. The molecule has 0 radical (unpaired) electrons. The lowest BCUT2D eigenvalue weighted by atomic mass is 10.1. The highest BCUT2D eigenvalue weighted by atomic mass is 79.9. The number of amidine groups is 1. The number of nitrogens with zero attached hydrogens (tertiary/aromatic N) is 2. The predicted octanol–water partition coefficient (Wildman–Crippen LogP) is 5.11. The van der Waals surface area contributed by atoms with Crippen molar-refractivity contribution in [2.75, 3.05) is 13.1 Å². The van der Waals surface area contributed by atoms with Gasteiger partial charge in [0, 0.05) is 23.1 Å². The van der Waals surface area contributed by atoms with Gasteiger partial charge in [0.05, 0.1) is 10.5 Å². The Morgan fingerprint density at radius 2 is 1.57 bits per heavy atom. The van der Waals surface area contributed by atoms with E-state index in [-0.39, 0.29) is 11.4 Å². The first-order valence-electron chi connectivity index (χ1n) is 8.40. The van der Waals surface area contributed by atoms with E-state index in [0.717, 1.165) is 28.7 Å². The molecule has 28 heavy (non-hydrogen) atoms. The van der Waals surface area contributed by atoms with Gasteiger partial charge in [-0.2, -0.15) is 17.6 Å². The van der Waals surface area contributed by atoms with Crippen LogP contribution in [-0.2, 0) is 17.2 Å². The molecular weight excluding hydrogens is 457 g/mol. The first-order valence-corrected chi connectivity index (χ1v) is 10.3. The monoisotopic (exact) mass is 474 g/mol. The molecule has 4 nitrogen and oxygen atoms in total. The summed E-state index contributed by atoms with van der Waals surface area (Å²) in [6, 6.07) is 10.5. The third kappa shape index (κ3) is 5.51. The molecule has 1 atom stereocenters. The highest BCUT2D eigenvalue weighted by Gasteiger charge is 2.30. The third-order valence-electron chi connectivity index (χ3n) is 3.93. The molecule has 150 valence electrons. The van der Waals surface area contributed by atoms with Crippen molar-refractivity contribution in [1.82, 2.24) is 4.90 Å². The molecule has 0 aliphatic heterocycles. The molecule has 0 saturated carbocycles. The molecule has 0 saturated heterocycles. The highest BCUT2D eigenvalue weighted by Crippen LogP contribution is 2.29.